The molecule has 0 aliphatic rings. The molecule has 0 saturated carbocycles. The van der Waals surface area contributed by atoms with Gasteiger partial charge < -0.3 is 19.9 Å². The largest absolute Gasteiger partial charge is 0.465 e. The van der Waals surface area contributed by atoms with Crippen molar-refractivity contribution < 1.29 is 19.4 Å². The van der Waals surface area contributed by atoms with Gasteiger partial charge in [0.15, 0.2) is 0 Å². The second kappa shape index (κ2) is 9.47. The van der Waals surface area contributed by atoms with E-state index >= 15 is 0 Å². The minimum absolute atomic E-state index is 0.220. The topological polar surface area (TPSA) is 67.8 Å². The molecule has 0 amide bonds. The zero-order valence-corrected chi connectivity index (χ0v) is 12.0. The zero-order chi connectivity index (χ0) is 14.8. The van der Waals surface area contributed by atoms with Gasteiger partial charge in [-0.05, 0) is 19.4 Å². The number of hydrogen-bond acceptors (Lipinski definition) is 5. The van der Waals surface area contributed by atoms with Crippen LogP contribution >= 0.6 is 0 Å². The Morgan fingerprint density at radius 1 is 1.35 bits per heavy atom. The van der Waals surface area contributed by atoms with E-state index in [2.05, 4.69) is 5.32 Å². The molecule has 1 aromatic rings. The zero-order valence-electron chi connectivity index (χ0n) is 12.0. The van der Waals surface area contributed by atoms with Gasteiger partial charge in [0.25, 0.3) is 0 Å². The van der Waals surface area contributed by atoms with Crippen LogP contribution < -0.4 is 5.32 Å². The predicted molar refractivity (Wildman–Crippen MR) is 76.2 cm³/mol. The lowest BCUT2D eigenvalue weighted by molar-refractivity contribution is -0.145. The fraction of sp³-hybridized carbons (Fsp3) is 0.533. The lowest BCUT2D eigenvalue weighted by Gasteiger charge is -2.16. The molecule has 1 rings (SSSR count). The highest BCUT2D eigenvalue weighted by molar-refractivity contribution is 5.75. The van der Waals surface area contributed by atoms with Crippen molar-refractivity contribution in [2.45, 2.75) is 32.6 Å². The molecule has 1 aromatic carbocycles. The molecule has 2 N–H and O–H groups in total. The molecule has 0 aromatic heterocycles. The normalized spacial score (nSPS) is 13.8. The minimum Gasteiger partial charge on any atom is -0.465 e. The highest BCUT2D eigenvalue weighted by atomic mass is 16.5. The summed E-state index contributed by atoms with van der Waals surface area (Å²) in [5.74, 6) is -0.315. The van der Waals surface area contributed by atoms with Crippen LogP contribution in [0.5, 0.6) is 0 Å². The monoisotopic (exact) mass is 281 g/mol. The van der Waals surface area contributed by atoms with Crippen molar-refractivity contribution in [3.8, 4) is 0 Å². The molecule has 0 spiro atoms. The van der Waals surface area contributed by atoms with Crippen molar-refractivity contribution in [2.24, 2.45) is 0 Å². The van der Waals surface area contributed by atoms with Crippen molar-refractivity contribution in [3.05, 3.63) is 35.9 Å². The lowest BCUT2D eigenvalue weighted by Crippen LogP contribution is -2.41. The van der Waals surface area contributed by atoms with E-state index in [0.717, 1.165) is 5.56 Å². The van der Waals surface area contributed by atoms with E-state index < -0.39 is 12.1 Å². The minimum atomic E-state index is -0.657. The van der Waals surface area contributed by atoms with Crippen LogP contribution in [0.25, 0.3) is 0 Å². The molecule has 0 bridgehead atoms. The number of carbonyl (C=O) groups is 1. The van der Waals surface area contributed by atoms with Crippen molar-refractivity contribution >= 4 is 5.97 Å². The van der Waals surface area contributed by atoms with Gasteiger partial charge in [0, 0.05) is 6.54 Å². The van der Waals surface area contributed by atoms with Crippen molar-refractivity contribution in [1.29, 1.82) is 0 Å². The van der Waals surface area contributed by atoms with Gasteiger partial charge in [0.2, 0.25) is 0 Å². The van der Waals surface area contributed by atoms with E-state index in [1.54, 1.807) is 13.8 Å². The summed E-state index contributed by atoms with van der Waals surface area (Å²) in [4.78, 5) is 11.4. The second-order valence-electron chi connectivity index (χ2n) is 4.54. The van der Waals surface area contributed by atoms with E-state index in [0.29, 0.717) is 13.2 Å². The standard InChI is InChI=1S/C15H23NO4/c1-3-20-15(18)12(2)16-9-14(17)11-19-10-13-7-5-4-6-8-13/h4-8,12,14,16-17H,3,9-11H2,1-2H3. The summed E-state index contributed by atoms with van der Waals surface area (Å²) in [6, 6.07) is 9.33. The molecule has 0 aliphatic heterocycles. The molecule has 0 heterocycles. The van der Waals surface area contributed by atoms with Crippen molar-refractivity contribution in [1.82, 2.24) is 5.32 Å². The molecular formula is C15H23NO4. The molecule has 0 fully saturated rings. The fourth-order valence-corrected chi connectivity index (χ4v) is 1.61. The van der Waals surface area contributed by atoms with Gasteiger partial charge in [-0.25, -0.2) is 0 Å². The molecule has 5 heteroatoms. The van der Waals surface area contributed by atoms with Crippen LogP contribution in [-0.4, -0.2) is 43.0 Å². The summed E-state index contributed by atoms with van der Waals surface area (Å²) >= 11 is 0. The Hall–Kier alpha value is -1.43. The van der Waals surface area contributed by atoms with Gasteiger partial charge in [-0.2, -0.15) is 0 Å². The van der Waals surface area contributed by atoms with E-state index in [1.807, 2.05) is 30.3 Å². The van der Waals surface area contributed by atoms with Crippen LogP contribution in [0.3, 0.4) is 0 Å². The van der Waals surface area contributed by atoms with Gasteiger partial charge in [-0.1, -0.05) is 30.3 Å². The summed E-state index contributed by atoms with van der Waals surface area (Å²) in [6.07, 6.45) is -0.657. The third-order valence-electron chi connectivity index (χ3n) is 2.72. The molecule has 0 radical (unpaired) electrons. The maximum absolute atomic E-state index is 11.4. The number of benzene rings is 1. The summed E-state index contributed by atoms with van der Waals surface area (Å²) < 4.78 is 10.3. The summed E-state index contributed by atoms with van der Waals surface area (Å²) in [5.41, 5.74) is 1.06. The van der Waals surface area contributed by atoms with Crippen LogP contribution in [0.15, 0.2) is 30.3 Å². The Labute approximate surface area is 119 Å². The number of carbonyl (C=O) groups excluding carboxylic acids is 1. The first-order chi connectivity index (χ1) is 9.63. The third kappa shape index (κ3) is 6.65. The Bertz CT molecular complexity index is 383. The summed E-state index contributed by atoms with van der Waals surface area (Å²) in [6.45, 7) is 4.79. The van der Waals surface area contributed by atoms with Crippen molar-refractivity contribution in [2.75, 3.05) is 19.8 Å². The quantitative estimate of drug-likeness (QED) is 0.664. The molecule has 5 nitrogen and oxygen atoms in total. The van der Waals surface area contributed by atoms with Crippen LogP contribution in [0.2, 0.25) is 0 Å². The number of aliphatic hydroxyl groups is 1. The van der Waals surface area contributed by atoms with E-state index in [-0.39, 0.29) is 19.1 Å². The van der Waals surface area contributed by atoms with Crippen molar-refractivity contribution in [3.63, 3.8) is 0 Å². The van der Waals surface area contributed by atoms with Crippen LogP contribution in [-0.2, 0) is 20.9 Å². The first kappa shape index (κ1) is 16.6. The lowest BCUT2D eigenvalue weighted by atomic mass is 10.2. The first-order valence-corrected chi connectivity index (χ1v) is 6.83. The van der Waals surface area contributed by atoms with Crippen LogP contribution in [0.1, 0.15) is 19.4 Å². The predicted octanol–water partition coefficient (Wildman–Crippen LogP) is 1.11. The van der Waals surface area contributed by atoms with Crippen LogP contribution in [0, 0.1) is 0 Å². The number of aliphatic hydroxyl groups excluding tert-OH is 1. The Morgan fingerprint density at radius 3 is 2.70 bits per heavy atom. The second-order valence-corrected chi connectivity index (χ2v) is 4.54. The summed E-state index contributed by atoms with van der Waals surface area (Å²) in [7, 11) is 0. The van der Waals surface area contributed by atoms with E-state index in [9.17, 15) is 9.90 Å². The highest BCUT2D eigenvalue weighted by Crippen LogP contribution is 2.01. The smallest absolute Gasteiger partial charge is 0.322 e. The van der Waals surface area contributed by atoms with Gasteiger partial charge in [-0.15, -0.1) is 0 Å². The number of esters is 1. The number of ether oxygens (including phenoxy) is 2. The molecule has 112 valence electrons. The first-order valence-electron chi connectivity index (χ1n) is 6.83. The average Bonchev–Trinajstić information content (AvgIpc) is 2.46. The average molecular weight is 281 g/mol. The molecule has 0 aliphatic carbocycles. The van der Waals surface area contributed by atoms with Crippen LogP contribution in [0.4, 0.5) is 0 Å². The molecule has 2 unspecified atom stereocenters. The number of hydrogen-bond donors (Lipinski definition) is 2. The van der Waals surface area contributed by atoms with Gasteiger partial charge in [0.1, 0.15) is 6.04 Å². The Balaban J connectivity index is 2.14. The number of nitrogens with one attached hydrogen (secondary N) is 1. The van der Waals surface area contributed by atoms with Gasteiger partial charge in [-0.3, -0.25) is 4.79 Å². The SMILES string of the molecule is CCOC(=O)C(C)NCC(O)COCc1ccccc1. The summed E-state index contributed by atoms with van der Waals surface area (Å²) in [5, 5.41) is 12.7. The molecule has 2 atom stereocenters. The van der Waals surface area contributed by atoms with Gasteiger partial charge in [0.05, 0.1) is 25.9 Å². The highest BCUT2D eigenvalue weighted by Gasteiger charge is 2.14. The Kier molecular flexibility index (Phi) is 7.87. The third-order valence-corrected chi connectivity index (χ3v) is 2.72. The van der Waals surface area contributed by atoms with Gasteiger partial charge >= 0.3 is 5.97 Å². The maximum Gasteiger partial charge on any atom is 0.322 e. The van der Waals surface area contributed by atoms with E-state index in [1.165, 1.54) is 0 Å². The maximum atomic E-state index is 11.4. The molecule has 20 heavy (non-hydrogen) atoms. The Morgan fingerprint density at radius 2 is 2.05 bits per heavy atom. The molecular weight excluding hydrogens is 258 g/mol. The fourth-order valence-electron chi connectivity index (χ4n) is 1.61. The number of rotatable bonds is 9. The molecule has 0 saturated heterocycles. The van der Waals surface area contributed by atoms with E-state index in [4.69, 9.17) is 9.47 Å².